The lowest BCUT2D eigenvalue weighted by molar-refractivity contribution is 0.0126. The fourth-order valence-corrected chi connectivity index (χ4v) is 5.35. The standard InChI is InChI=1S/C25H35N3O3/c1-27(2)25(20-6-5-7-22(16-20)31-4)14-12-24(13-15-25)18-28(23(29)26-24)17-19-8-10-21(30-3)11-9-19/h5-11,16,23,26,29H,12-15,17-18H2,1-4H3/t23?,24-,25+. The summed E-state index contributed by atoms with van der Waals surface area (Å²) in [5.41, 5.74) is 2.41. The number of ether oxygens (including phenoxy) is 2. The molecule has 6 heteroatoms. The lowest BCUT2D eigenvalue weighted by Crippen LogP contribution is -2.54. The average molecular weight is 426 g/mol. The fraction of sp³-hybridized carbons (Fsp3) is 0.520. The van der Waals surface area contributed by atoms with Crippen LogP contribution in [-0.2, 0) is 12.1 Å². The van der Waals surface area contributed by atoms with Gasteiger partial charge < -0.3 is 14.6 Å². The Morgan fingerprint density at radius 2 is 1.68 bits per heavy atom. The fourth-order valence-electron chi connectivity index (χ4n) is 5.35. The molecular formula is C25H35N3O3. The van der Waals surface area contributed by atoms with Crippen molar-refractivity contribution in [3.8, 4) is 11.5 Å². The van der Waals surface area contributed by atoms with Gasteiger partial charge in [-0.15, -0.1) is 0 Å². The van der Waals surface area contributed by atoms with Crippen molar-refractivity contribution in [2.24, 2.45) is 0 Å². The maximum Gasteiger partial charge on any atom is 0.163 e. The Kier molecular flexibility index (Phi) is 6.26. The molecule has 4 rings (SSSR count). The van der Waals surface area contributed by atoms with Crippen LogP contribution in [0.3, 0.4) is 0 Å². The summed E-state index contributed by atoms with van der Waals surface area (Å²) in [6.07, 6.45) is 3.47. The first-order valence-electron chi connectivity index (χ1n) is 11.0. The van der Waals surface area contributed by atoms with Gasteiger partial charge in [-0.05, 0) is 75.2 Å². The maximum atomic E-state index is 10.8. The van der Waals surface area contributed by atoms with Crippen molar-refractivity contribution in [2.75, 3.05) is 34.9 Å². The third-order valence-electron chi connectivity index (χ3n) is 7.33. The Morgan fingerprint density at radius 1 is 1.00 bits per heavy atom. The van der Waals surface area contributed by atoms with Gasteiger partial charge in [0, 0.05) is 24.2 Å². The van der Waals surface area contributed by atoms with Crippen LogP contribution >= 0.6 is 0 Å². The van der Waals surface area contributed by atoms with Crippen LogP contribution in [0.15, 0.2) is 48.5 Å². The maximum absolute atomic E-state index is 10.8. The highest BCUT2D eigenvalue weighted by Crippen LogP contribution is 2.46. The highest BCUT2D eigenvalue weighted by atomic mass is 16.5. The van der Waals surface area contributed by atoms with Crippen molar-refractivity contribution in [1.29, 1.82) is 0 Å². The Morgan fingerprint density at radius 3 is 2.29 bits per heavy atom. The molecule has 2 aromatic carbocycles. The Bertz CT molecular complexity index is 876. The normalized spacial score (nSPS) is 28.9. The van der Waals surface area contributed by atoms with E-state index in [1.165, 1.54) is 11.1 Å². The minimum absolute atomic E-state index is 0.0180. The summed E-state index contributed by atoms with van der Waals surface area (Å²) in [5.74, 6) is 1.75. The molecule has 2 aliphatic rings. The van der Waals surface area contributed by atoms with Gasteiger partial charge in [-0.3, -0.25) is 15.1 Å². The van der Waals surface area contributed by atoms with Gasteiger partial charge in [-0.2, -0.15) is 0 Å². The van der Waals surface area contributed by atoms with E-state index < -0.39 is 6.35 Å². The van der Waals surface area contributed by atoms with Crippen LogP contribution in [-0.4, -0.2) is 61.7 Å². The average Bonchev–Trinajstić information content (AvgIpc) is 3.09. The molecular weight excluding hydrogens is 390 g/mol. The van der Waals surface area contributed by atoms with E-state index in [1.807, 2.05) is 18.2 Å². The van der Waals surface area contributed by atoms with Crippen molar-refractivity contribution >= 4 is 0 Å². The monoisotopic (exact) mass is 425 g/mol. The van der Waals surface area contributed by atoms with E-state index in [9.17, 15) is 5.11 Å². The van der Waals surface area contributed by atoms with Crippen LogP contribution in [0.4, 0.5) is 0 Å². The molecule has 1 spiro atoms. The third kappa shape index (κ3) is 4.30. The third-order valence-corrected chi connectivity index (χ3v) is 7.33. The summed E-state index contributed by atoms with van der Waals surface area (Å²) >= 11 is 0. The molecule has 1 atom stereocenters. The largest absolute Gasteiger partial charge is 0.497 e. The first-order chi connectivity index (χ1) is 14.9. The molecule has 1 saturated carbocycles. The van der Waals surface area contributed by atoms with Gasteiger partial charge in [-0.1, -0.05) is 24.3 Å². The number of hydrogen-bond donors (Lipinski definition) is 2. The zero-order valence-corrected chi connectivity index (χ0v) is 19.1. The summed E-state index contributed by atoms with van der Waals surface area (Å²) in [6, 6.07) is 16.6. The zero-order chi connectivity index (χ0) is 22.1. The number of methoxy groups -OCH3 is 2. The summed E-state index contributed by atoms with van der Waals surface area (Å²) < 4.78 is 10.7. The molecule has 168 valence electrons. The molecule has 1 aliphatic heterocycles. The van der Waals surface area contributed by atoms with Crippen molar-refractivity contribution in [3.63, 3.8) is 0 Å². The molecule has 0 radical (unpaired) electrons. The molecule has 2 aromatic rings. The lowest BCUT2D eigenvalue weighted by Gasteiger charge is -2.49. The molecule has 6 nitrogen and oxygen atoms in total. The summed E-state index contributed by atoms with van der Waals surface area (Å²) in [6.45, 7) is 1.57. The lowest BCUT2D eigenvalue weighted by atomic mass is 9.69. The van der Waals surface area contributed by atoms with Crippen LogP contribution in [0, 0.1) is 0 Å². The summed E-state index contributed by atoms with van der Waals surface area (Å²) in [7, 11) is 7.74. The van der Waals surface area contributed by atoms with Crippen molar-refractivity contribution < 1.29 is 14.6 Å². The Hall–Kier alpha value is -2.12. The van der Waals surface area contributed by atoms with E-state index in [-0.39, 0.29) is 11.1 Å². The van der Waals surface area contributed by atoms with E-state index in [1.54, 1.807) is 14.2 Å². The molecule has 1 saturated heterocycles. The van der Waals surface area contributed by atoms with Gasteiger partial charge in [0.2, 0.25) is 0 Å². The summed E-state index contributed by atoms with van der Waals surface area (Å²) in [4.78, 5) is 4.49. The molecule has 2 fully saturated rings. The number of rotatable bonds is 6. The molecule has 31 heavy (non-hydrogen) atoms. The van der Waals surface area contributed by atoms with Gasteiger partial charge >= 0.3 is 0 Å². The zero-order valence-electron chi connectivity index (χ0n) is 19.1. The minimum Gasteiger partial charge on any atom is -0.497 e. The number of nitrogens with zero attached hydrogens (tertiary/aromatic N) is 2. The van der Waals surface area contributed by atoms with Crippen LogP contribution in [0.1, 0.15) is 36.8 Å². The number of aliphatic hydroxyl groups excluding tert-OH is 1. The Balaban J connectivity index is 1.47. The van der Waals surface area contributed by atoms with Gasteiger partial charge in [0.15, 0.2) is 6.35 Å². The second kappa shape index (κ2) is 8.79. The molecule has 1 unspecified atom stereocenters. The predicted molar refractivity (Wildman–Crippen MR) is 122 cm³/mol. The predicted octanol–water partition coefficient (Wildman–Crippen LogP) is 3.15. The van der Waals surface area contributed by atoms with Crippen LogP contribution < -0.4 is 14.8 Å². The van der Waals surface area contributed by atoms with Gasteiger partial charge in [0.05, 0.1) is 14.2 Å². The molecule has 1 heterocycles. The Labute approximate surface area is 185 Å². The molecule has 0 amide bonds. The van der Waals surface area contributed by atoms with Crippen molar-refractivity contribution in [3.05, 3.63) is 59.7 Å². The second-order valence-corrected chi connectivity index (χ2v) is 9.21. The van der Waals surface area contributed by atoms with E-state index in [4.69, 9.17) is 9.47 Å². The van der Waals surface area contributed by atoms with Crippen LogP contribution in [0.5, 0.6) is 11.5 Å². The second-order valence-electron chi connectivity index (χ2n) is 9.21. The van der Waals surface area contributed by atoms with Gasteiger partial charge in [0.25, 0.3) is 0 Å². The van der Waals surface area contributed by atoms with E-state index in [0.717, 1.165) is 43.7 Å². The van der Waals surface area contributed by atoms with Crippen molar-refractivity contribution in [1.82, 2.24) is 15.1 Å². The number of aliphatic hydroxyl groups is 1. The molecule has 1 aliphatic carbocycles. The smallest absolute Gasteiger partial charge is 0.163 e. The highest BCUT2D eigenvalue weighted by Gasteiger charge is 2.49. The molecule has 0 aromatic heterocycles. The van der Waals surface area contributed by atoms with Crippen molar-refractivity contribution in [2.45, 2.75) is 49.7 Å². The minimum atomic E-state index is -0.620. The quantitative estimate of drug-likeness (QED) is 0.742. The van der Waals surface area contributed by atoms with Gasteiger partial charge in [-0.25, -0.2) is 0 Å². The molecule has 2 N–H and O–H groups in total. The van der Waals surface area contributed by atoms with Gasteiger partial charge in [0.1, 0.15) is 11.5 Å². The molecule has 0 bridgehead atoms. The van der Waals surface area contributed by atoms with Crippen LogP contribution in [0.2, 0.25) is 0 Å². The van der Waals surface area contributed by atoms with E-state index in [2.05, 4.69) is 59.5 Å². The SMILES string of the molecule is COc1ccc(CN2C[C@]3(CC[C@](c4cccc(OC)c4)(N(C)C)CC3)NC2O)cc1. The van der Waals surface area contributed by atoms with E-state index >= 15 is 0 Å². The van der Waals surface area contributed by atoms with E-state index in [0.29, 0.717) is 6.54 Å². The number of benzene rings is 2. The number of hydrogen-bond acceptors (Lipinski definition) is 6. The number of nitrogens with one attached hydrogen (secondary N) is 1. The summed E-state index contributed by atoms with van der Waals surface area (Å²) in [5, 5.41) is 14.3. The topological polar surface area (TPSA) is 57.2 Å². The first-order valence-corrected chi connectivity index (χ1v) is 11.0. The highest BCUT2D eigenvalue weighted by molar-refractivity contribution is 5.34. The van der Waals surface area contributed by atoms with Crippen LogP contribution in [0.25, 0.3) is 0 Å². The first kappa shape index (κ1) is 22.1.